The SMILES string of the molecule is COc1cccc(CCN(CCc2ccccc2)CC2CCCCC2)c1F. The summed E-state index contributed by atoms with van der Waals surface area (Å²) in [7, 11) is 1.53. The number of benzene rings is 2. The van der Waals surface area contributed by atoms with Crippen molar-refractivity contribution in [1.29, 1.82) is 0 Å². The Labute approximate surface area is 163 Å². The van der Waals surface area contributed by atoms with Gasteiger partial charge in [-0.15, -0.1) is 0 Å². The molecule has 2 nitrogen and oxygen atoms in total. The van der Waals surface area contributed by atoms with Crippen molar-refractivity contribution in [3.63, 3.8) is 0 Å². The third-order valence-corrected chi connectivity index (χ3v) is 5.76. The highest BCUT2D eigenvalue weighted by Crippen LogP contribution is 2.25. The Hall–Kier alpha value is -1.87. The van der Waals surface area contributed by atoms with Crippen molar-refractivity contribution in [1.82, 2.24) is 4.90 Å². The molecule has 0 radical (unpaired) electrons. The molecule has 0 saturated heterocycles. The third-order valence-electron chi connectivity index (χ3n) is 5.76. The molecule has 1 aliphatic rings. The highest BCUT2D eigenvalue weighted by atomic mass is 19.1. The Morgan fingerprint density at radius 1 is 0.926 bits per heavy atom. The molecule has 0 spiro atoms. The maximum Gasteiger partial charge on any atom is 0.168 e. The fourth-order valence-electron chi connectivity index (χ4n) is 4.15. The predicted molar refractivity (Wildman–Crippen MR) is 110 cm³/mol. The molecule has 146 valence electrons. The second kappa shape index (κ2) is 10.5. The molecule has 0 aromatic heterocycles. The minimum absolute atomic E-state index is 0.208. The molecule has 3 heteroatoms. The smallest absolute Gasteiger partial charge is 0.168 e. The Morgan fingerprint density at radius 2 is 1.67 bits per heavy atom. The number of nitrogens with zero attached hydrogens (tertiary/aromatic N) is 1. The van der Waals surface area contributed by atoms with Gasteiger partial charge in [0, 0.05) is 19.6 Å². The van der Waals surface area contributed by atoms with Gasteiger partial charge in [0.05, 0.1) is 7.11 Å². The highest BCUT2D eigenvalue weighted by molar-refractivity contribution is 5.31. The summed E-state index contributed by atoms with van der Waals surface area (Å²) >= 11 is 0. The van der Waals surface area contributed by atoms with Gasteiger partial charge in [-0.2, -0.15) is 0 Å². The van der Waals surface area contributed by atoms with Crippen LogP contribution in [0.1, 0.15) is 43.2 Å². The average Bonchev–Trinajstić information content (AvgIpc) is 2.72. The van der Waals surface area contributed by atoms with Gasteiger partial charge in [0.1, 0.15) is 0 Å². The van der Waals surface area contributed by atoms with Crippen LogP contribution in [0.5, 0.6) is 5.75 Å². The van der Waals surface area contributed by atoms with Crippen LogP contribution in [0, 0.1) is 11.7 Å². The van der Waals surface area contributed by atoms with Gasteiger partial charge in [0.2, 0.25) is 0 Å². The minimum atomic E-state index is -0.208. The highest BCUT2D eigenvalue weighted by Gasteiger charge is 2.18. The molecule has 0 unspecified atom stereocenters. The summed E-state index contributed by atoms with van der Waals surface area (Å²) < 4.78 is 19.6. The van der Waals surface area contributed by atoms with Crippen LogP contribution in [0.15, 0.2) is 48.5 Å². The first-order valence-electron chi connectivity index (χ1n) is 10.3. The molecule has 0 bridgehead atoms. The van der Waals surface area contributed by atoms with Gasteiger partial charge in [-0.1, -0.05) is 61.7 Å². The van der Waals surface area contributed by atoms with Crippen molar-refractivity contribution in [2.24, 2.45) is 5.92 Å². The lowest BCUT2D eigenvalue weighted by molar-refractivity contribution is 0.203. The molecule has 0 aliphatic heterocycles. The molecular weight excluding hydrogens is 337 g/mol. The van der Waals surface area contributed by atoms with E-state index in [1.165, 1.54) is 44.8 Å². The molecule has 0 heterocycles. The van der Waals surface area contributed by atoms with E-state index in [1.54, 1.807) is 6.07 Å². The van der Waals surface area contributed by atoms with E-state index in [1.807, 2.05) is 12.1 Å². The zero-order valence-corrected chi connectivity index (χ0v) is 16.5. The molecule has 0 atom stereocenters. The van der Waals surface area contributed by atoms with Crippen molar-refractivity contribution in [2.45, 2.75) is 44.9 Å². The summed E-state index contributed by atoms with van der Waals surface area (Å²) in [6.45, 7) is 3.07. The molecule has 3 rings (SSSR count). The molecule has 1 aliphatic carbocycles. The molecule has 2 aromatic rings. The fraction of sp³-hybridized carbons (Fsp3) is 0.500. The summed E-state index contributed by atoms with van der Waals surface area (Å²) in [6.07, 6.45) is 8.57. The average molecular weight is 370 g/mol. The maximum absolute atomic E-state index is 14.5. The van der Waals surface area contributed by atoms with E-state index in [-0.39, 0.29) is 5.82 Å². The van der Waals surface area contributed by atoms with Crippen LogP contribution in [0.2, 0.25) is 0 Å². The van der Waals surface area contributed by atoms with E-state index in [9.17, 15) is 4.39 Å². The topological polar surface area (TPSA) is 12.5 Å². The molecule has 2 aromatic carbocycles. The van der Waals surface area contributed by atoms with Crippen molar-refractivity contribution < 1.29 is 9.13 Å². The van der Waals surface area contributed by atoms with Gasteiger partial charge >= 0.3 is 0 Å². The number of hydrogen-bond donors (Lipinski definition) is 0. The number of ether oxygens (including phenoxy) is 1. The van der Waals surface area contributed by atoms with E-state index < -0.39 is 0 Å². The number of methoxy groups -OCH3 is 1. The number of hydrogen-bond acceptors (Lipinski definition) is 2. The summed E-state index contributed by atoms with van der Waals surface area (Å²) in [6, 6.07) is 16.1. The monoisotopic (exact) mass is 369 g/mol. The first-order chi connectivity index (χ1) is 13.3. The van der Waals surface area contributed by atoms with Gasteiger partial charge < -0.3 is 9.64 Å². The van der Waals surface area contributed by atoms with Crippen molar-refractivity contribution >= 4 is 0 Å². The Morgan fingerprint density at radius 3 is 2.41 bits per heavy atom. The third kappa shape index (κ3) is 6.07. The molecular formula is C24H32FNO. The van der Waals surface area contributed by atoms with Crippen LogP contribution in [0.3, 0.4) is 0 Å². The summed E-state index contributed by atoms with van der Waals surface area (Å²) in [5, 5.41) is 0. The minimum Gasteiger partial charge on any atom is -0.494 e. The molecule has 1 fully saturated rings. The lowest BCUT2D eigenvalue weighted by atomic mass is 9.89. The van der Waals surface area contributed by atoms with E-state index in [0.717, 1.165) is 44.0 Å². The summed E-state index contributed by atoms with van der Waals surface area (Å²) in [5.41, 5.74) is 2.13. The van der Waals surface area contributed by atoms with Gasteiger partial charge in [-0.25, -0.2) is 4.39 Å². The normalized spacial score (nSPS) is 15.2. The first kappa shape index (κ1) is 19.9. The standard InChI is InChI=1S/C24H32FNO/c1-27-23-14-8-13-22(24(23)25)16-18-26(19-21-11-6-3-7-12-21)17-15-20-9-4-2-5-10-20/h2,4-5,8-10,13-14,21H,3,6-7,11-12,15-19H2,1H3. The van der Waals surface area contributed by atoms with E-state index in [2.05, 4.69) is 35.2 Å². The van der Waals surface area contributed by atoms with Crippen LogP contribution in [-0.2, 0) is 12.8 Å². The number of rotatable bonds is 9. The van der Waals surface area contributed by atoms with Gasteiger partial charge in [0.15, 0.2) is 11.6 Å². The van der Waals surface area contributed by atoms with Crippen LogP contribution < -0.4 is 4.74 Å². The van der Waals surface area contributed by atoms with Crippen LogP contribution in [0.4, 0.5) is 4.39 Å². The summed E-state index contributed by atoms with van der Waals surface area (Å²) in [5.74, 6) is 0.931. The Balaban J connectivity index is 1.61. The van der Waals surface area contributed by atoms with E-state index >= 15 is 0 Å². The first-order valence-corrected chi connectivity index (χ1v) is 10.3. The van der Waals surface area contributed by atoms with Crippen molar-refractivity contribution in [3.8, 4) is 5.75 Å². The van der Waals surface area contributed by atoms with Crippen molar-refractivity contribution in [2.75, 3.05) is 26.7 Å². The molecule has 0 N–H and O–H groups in total. The lowest BCUT2D eigenvalue weighted by Gasteiger charge is -2.30. The number of halogens is 1. The zero-order chi connectivity index (χ0) is 18.9. The largest absolute Gasteiger partial charge is 0.494 e. The van der Waals surface area contributed by atoms with Gasteiger partial charge in [0.25, 0.3) is 0 Å². The van der Waals surface area contributed by atoms with E-state index in [0.29, 0.717) is 5.75 Å². The second-order valence-corrected chi connectivity index (χ2v) is 7.72. The predicted octanol–water partition coefficient (Wildman–Crippen LogP) is 5.50. The van der Waals surface area contributed by atoms with Crippen LogP contribution >= 0.6 is 0 Å². The van der Waals surface area contributed by atoms with Crippen LogP contribution in [0.25, 0.3) is 0 Å². The summed E-state index contributed by atoms with van der Waals surface area (Å²) in [4.78, 5) is 2.54. The van der Waals surface area contributed by atoms with Crippen molar-refractivity contribution in [3.05, 3.63) is 65.5 Å². The Kier molecular flexibility index (Phi) is 7.70. The Bertz CT molecular complexity index is 682. The maximum atomic E-state index is 14.5. The second-order valence-electron chi connectivity index (χ2n) is 7.72. The van der Waals surface area contributed by atoms with Crippen LogP contribution in [-0.4, -0.2) is 31.6 Å². The van der Waals surface area contributed by atoms with E-state index in [4.69, 9.17) is 4.74 Å². The zero-order valence-electron chi connectivity index (χ0n) is 16.5. The molecule has 0 amide bonds. The fourth-order valence-corrected chi connectivity index (χ4v) is 4.15. The quantitative estimate of drug-likeness (QED) is 0.578. The van der Waals surface area contributed by atoms with Gasteiger partial charge in [-0.05, 0) is 48.8 Å². The lowest BCUT2D eigenvalue weighted by Crippen LogP contribution is -2.34. The molecule has 1 saturated carbocycles. The van der Waals surface area contributed by atoms with Gasteiger partial charge in [-0.3, -0.25) is 0 Å². The molecule has 27 heavy (non-hydrogen) atoms.